The Labute approximate surface area is 95.9 Å². The number of nitrogens with zero attached hydrogens (tertiary/aromatic N) is 1. The lowest BCUT2D eigenvalue weighted by molar-refractivity contribution is -0.148. The Balaban J connectivity index is 2.51. The minimum Gasteiger partial charge on any atom is -0.468 e. The normalized spacial score (nSPS) is 24.9. The molecule has 0 aromatic heterocycles. The second kappa shape index (κ2) is 5.84. The van der Waals surface area contributed by atoms with Crippen molar-refractivity contribution in [1.29, 1.82) is 0 Å². The molecule has 2 N–H and O–H groups in total. The number of rotatable bonds is 3. The highest BCUT2D eigenvalue weighted by atomic mass is 16.5. The molecule has 2 unspecified atom stereocenters. The van der Waals surface area contributed by atoms with E-state index in [0.29, 0.717) is 0 Å². The van der Waals surface area contributed by atoms with Gasteiger partial charge in [-0.1, -0.05) is 12.8 Å². The van der Waals surface area contributed by atoms with Crippen LogP contribution in [0.1, 0.15) is 25.7 Å². The molecule has 2 atom stereocenters. The van der Waals surface area contributed by atoms with Gasteiger partial charge in [0.05, 0.1) is 13.0 Å². The second-order valence-corrected chi connectivity index (χ2v) is 4.33. The van der Waals surface area contributed by atoms with Gasteiger partial charge in [0.2, 0.25) is 5.91 Å². The van der Waals surface area contributed by atoms with E-state index in [1.54, 1.807) is 7.05 Å². The van der Waals surface area contributed by atoms with Gasteiger partial charge in [-0.25, -0.2) is 0 Å². The summed E-state index contributed by atoms with van der Waals surface area (Å²) in [4.78, 5) is 24.4. The zero-order chi connectivity index (χ0) is 12.1. The summed E-state index contributed by atoms with van der Waals surface area (Å²) in [6.07, 6.45) is 3.84. The van der Waals surface area contributed by atoms with Gasteiger partial charge in [-0.3, -0.25) is 9.59 Å². The van der Waals surface area contributed by atoms with Crippen LogP contribution >= 0.6 is 0 Å². The molecule has 0 aliphatic heterocycles. The number of hydrogen-bond donors (Lipinski definition) is 1. The average molecular weight is 228 g/mol. The van der Waals surface area contributed by atoms with Gasteiger partial charge < -0.3 is 15.4 Å². The summed E-state index contributed by atoms with van der Waals surface area (Å²) >= 11 is 0. The zero-order valence-electron chi connectivity index (χ0n) is 9.94. The van der Waals surface area contributed by atoms with E-state index < -0.39 is 5.97 Å². The van der Waals surface area contributed by atoms with Crippen molar-refractivity contribution in [2.45, 2.75) is 31.7 Å². The Morgan fingerprint density at radius 3 is 2.56 bits per heavy atom. The van der Waals surface area contributed by atoms with Gasteiger partial charge in [-0.15, -0.1) is 0 Å². The molecule has 5 nitrogen and oxygen atoms in total. The van der Waals surface area contributed by atoms with Gasteiger partial charge in [0.25, 0.3) is 0 Å². The van der Waals surface area contributed by atoms with Crippen LogP contribution in [0, 0.1) is 5.92 Å². The molecule has 0 aromatic rings. The fraction of sp³-hybridized carbons (Fsp3) is 0.818. The molecule has 1 amide bonds. The standard InChI is InChI=1S/C11H20N2O3/c1-13(7-10(14)16-2)11(15)8-5-3-4-6-9(8)12/h8-9H,3-7,12H2,1-2H3. The van der Waals surface area contributed by atoms with Crippen molar-refractivity contribution in [3.8, 4) is 0 Å². The molecule has 1 saturated carbocycles. The maximum absolute atomic E-state index is 12.0. The molecule has 1 fully saturated rings. The Morgan fingerprint density at radius 1 is 1.38 bits per heavy atom. The zero-order valence-corrected chi connectivity index (χ0v) is 9.94. The van der Waals surface area contributed by atoms with E-state index in [1.807, 2.05) is 0 Å². The molecule has 16 heavy (non-hydrogen) atoms. The molecule has 92 valence electrons. The predicted octanol–water partition coefficient (Wildman–Crippen LogP) is 0.135. The Bertz CT molecular complexity index is 268. The van der Waals surface area contributed by atoms with Crippen LogP contribution in [0.3, 0.4) is 0 Å². The quantitative estimate of drug-likeness (QED) is 0.697. The molecular weight excluding hydrogens is 208 g/mol. The van der Waals surface area contributed by atoms with E-state index >= 15 is 0 Å². The highest BCUT2D eigenvalue weighted by Gasteiger charge is 2.30. The first-order chi connectivity index (χ1) is 7.56. The predicted molar refractivity (Wildman–Crippen MR) is 59.6 cm³/mol. The van der Waals surface area contributed by atoms with E-state index in [0.717, 1.165) is 25.7 Å². The topological polar surface area (TPSA) is 72.6 Å². The van der Waals surface area contributed by atoms with Gasteiger partial charge in [-0.2, -0.15) is 0 Å². The maximum atomic E-state index is 12.0. The van der Waals surface area contributed by atoms with Gasteiger partial charge in [0.1, 0.15) is 6.54 Å². The largest absolute Gasteiger partial charge is 0.468 e. The third-order valence-electron chi connectivity index (χ3n) is 3.11. The number of amides is 1. The van der Waals surface area contributed by atoms with Crippen molar-refractivity contribution in [3.05, 3.63) is 0 Å². The SMILES string of the molecule is COC(=O)CN(C)C(=O)C1CCCCC1N. The summed E-state index contributed by atoms with van der Waals surface area (Å²) in [5.41, 5.74) is 5.92. The van der Waals surface area contributed by atoms with Gasteiger partial charge in [0.15, 0.2) is 0 Å². The van der Waals surface area contributed by atoms with Crippen LogP contribution in [0.2, 0.25) is 0 Å². The Kier molecular flexibility index (Phi) is 4.73. The van der Waals surface area contributed by atoms with Crippen molar-refractivity contribution >= 4 is 11.9 Å². The monoisotopic (exact) mass is 228 g/mol. The fourth-order valence-electron chi connectivity index (χ4n) is 2.09. The number of carbonyl (C=O) groups is 2. The number of methoxy groups -OCH3 is 1. The number of hydrogen-bond acceptors (Lipinski definition) is 4. The third kappa shape index (κ3) is 3.20. The fourth-order valence-corrected chi connectivity index (χ4v) is 2.09. The number of esters is 1. The molecule has 1 rings (SSSR count). The van der Waals surface area contributed by atoms with Crippen LogP contribution in [0.15, 0.2) is 0 Å². The molecule has 1 aliphatic rings. The van der Waals surface area contributed by atoms with Crippen LogP contribution in [-0.4, -0.2) is 43.5 Å². The molecule has 1 aliphatic carbocycles. The lowest BCUT2D eigenvalue weighted by atomic mass is 9.84. The lowest BCUT2D eigenvalue weighted by Crippen LogP contribution is -2.45. The number of likely N-dealkylation sites (N-methyl/N-ethyl adjacent to an activating group) is 1. The van der Waals surface area contributed by atoms with Crippen LogP contribution in [0.5, 0.6) is 0 Å². The van der Waals surface area contributed by atoms with Crippen molar-refractivity contribution in [3.63, 3.8) is 0 Å². The van der Waals surface area contributed by atoms with Crippen molar-refractivity contribution in [1.82, 2.24) is 4.90 Å². The molecule has 0 radical (unpaired) electrons. The molecule has 0 saturated heterocycles. The van der Waals surface area contributed by atoms with Crippen LogP contribution in [0.25, 0.3) is 0 Å². The van der Waals surface area contributed by atoms with E-state index in [4.69, 9.17) is 5.73 Å². The van der Waals surface area contributed by atoms with E-state index in [1.165, 1.54) is 12.0 Å². The molecular formula is C11H20N2O3. The molecule has 0 heterocycles. The minimum atomic E-state index is -0.403. The van der Waals surface area contributed by atoms with Gasteiger partial charge in [0, 0.05) is 13.1 Å². The summed E-state index contributed by atoms with van der Waals surface area (Å²) in [6, 6.07) is -0.0682. The molecule has 0 bridgehead atoms. The van der Waals surface area contributed by atoms with Crippen LogP contribution < -0.4 is 5.73 Å². The first kappa shape index (κ1) is 13.0. The third-order valence-corrected chi connectivity index (χ3v) is 3.11. The van der Waals surface area contributed by atoms with Gasteiger partial charge in [-0.05, 0) is 12.8 Å². The second-order valence-electron chi connectivity index (χ2n) is 4.33. The van der Waals surface area contributed by atoms with Crippen LogP contribution in [0.4, 0.5) is 0 Å². The number of nitrogens with two attached hydrogens (primary N) is 1. The summed E-state index contributed by atoms with van der Waals surface area (Å²) in [5.74, 6) is -0.582. The van der Waals surface area contributed by atoms with E-state index in [-0.39, 0.29) is 24.4 Å². The lowest BCUT2D eigenvalue weighted by Gasteiger charge is -2.30. The van der Waals surface area contributed by atoms with E-state index in [9.17, 15) is 9.59 Å². The summed E-state index contributed by atoms with van der Waals surface area (Å²) in [7, 11) is 2.92. The molecule has 0 aromatic carbocycles. The van der Waals surface area contributed by atoms with Crippen molar-refractivity contribution < 1.29 is 14.3 Å². The summed E-state index contributed by atoms with van der Waals surface area (Å²) in [6.45, 7) is -0.00144. The molecule has 0 spiro atoms. The Morgan fingerprint density at radius 2 is 2.00 bits per heavy atom. The first-order valence-electron chi connectivity index (χ1n) is 5.63. The molecule has 5 heteroatoms. The van der Waals surface area contributed by atoms with E-state index in [2.05, 4.69) is 4.74 Å². The highest BCUT2D eigenvalue weighted by Crippen LogP contribution is 2.24. The first-order valence-corrected chi connectivity index (χ1v) is 5.63. The average Bonchev–Trinajstić information content (AvgIpc) is 2.28. The van der Waals surface area contributed by atoms with Gasteiger partial charge >= 0.3 is 5.97 Å². The summed E-state index contributed by atoms with van der Waals surface area (Å²) < 4.78 is 4.52. The Hall–Kier alpha value is -1.10. The number of ether oxygens (including phenoxy) is 1. The number of carbonyl (C=O) groups excluding carboxylic acids is 2. The van der Waals surface area contributed by atoms with Crippen LogP contribution in [-0.2, 0) is 14.3 Å². The summed E-state index contributed by atoms with van der Waals surface area (Å²) in [5, 5.41) is 0. The smallest absolute Gasteiger partial charge is 0.325 e. The van der Waals surface area contributed by atoms with Crippen molar-refractivity contribution in [2.24, 2.45) is 11.7 Å². The highest BCUT2D eigenvalue weighted by molar-refractivity contribution is 5.83. The minimum absolute atomic E-state index is 0.00144. The maximum Gasteiger partial charge on any atom is 0.325 e. The van der Waals surface area contributed by atoms with Crippen molar-refractivity contribution in [2.75, 3.05) is 20.7 Å².